The number of aliphatic carboxylic acids is 1. The second-order valence-corrected chi connectivity index (χ2v) is 5.65. The first-order valence-corrected chi connectivity index (χ1v) is 7.33. The molecule has 0 amide bonds. The zero-order valence-corrected chi connectivity index (χ0v) is 13.1. The summed E-state index contributed by atoms with van der Waals surface area (Å²) in [5, 5.41) is 9.05. The van der Waals surface area contributed by atoms with Crippen LogP contribution in [0.1, 0.15) is 16.8 Å². The summed E-state index contributed by atoms with van der Waals surface area (Å²) in [6.45, 7) is 0.915. The number of carboxylic acid groups (broad SMARTS) is 1. The highest BCUT2D eigenvalue weighted by molar-refractivity contribution is 6.35. The van der Waals surface area contributed by atoms with Crippen molar-refractivity contribution in [2.45, 2.75) is 26.6 Å². The fourth-order valence-electron chi connectivity index (χ4n) is 2.71. The molecule has 1 aromatic carbocycles. The number of benzene rings is 1. The highest BCUT2D eigenvalue weighted by Gasteiger charge is 2.23. The van der Waals surface area contributed by atoms with Crippen molar-refractivity contribution in [1.29, 1.82) is 0 Å². The maximum Gasteiger partial charge on any atom is 0.351 e. The Balaban J connectivity index is 2.10. The smallest absolute Gasteiger partial charge is 0.351 e. The molecule has 1 aliphatic rings. The van der Waals surface area contributed by atoms with Crippen molar-refractivity contribution in [2.75, 3.05) is 0 Å². The maximum atomic E-state index is 13.3. The van der Waals surface area contributed by atoms with Gasteiger partial charge in [-0.1, -0.05) is 6.07 Å². The zero-order valence-electron chi connectivity index (χ0n) is 13.1. The summed E-state index contributed by atoms with van der Waals surface area (Å²) < 4.78 is 28.4. The summed E-state index contributed by atoms with van der Waals surface area (Å²) in [5.74, 6) is -3.36. The third kappa shape index (κ3) is 2.88. The number of rotatable bonds is 3. The molecule has 0 unspecified atom stereocenters. The number of hydrogen-bond donors (Lipinski definition) is 1. The number of aromatic nitrogens is 2. The fraction of sp³-hybridized carbons (Fsp3) is 0.250. The number of hydrogen-bond acceptors (Lipinski definition) is 4. The maximum absolute atomic E-state index is 13.3. The van der Waals surface area contributed by atoms with Crippen LogP contribution in [0.4, 0.5) is 8.78 Å². The lowest BCUT2D eigenvalue weighted by Crippen LogP contribution is -2.46. The lowest BCUT2D eigenvalue weighted by atomic mass is 10.1. The van der Waals surface area contributed by atoms with E-state index in [1.54, 1.807) is 0 Å². The Hall–Kier alpha value is -3.10. The standard InChI is InChI=1S/C16H13F2N3O4/c1-8-13-5-19-12(15(23)24)7-20(13)16(25)21(14(8)22)6-9-2-3-10(17)11(18)4-9/h2-4H,5-7H2,1H3,(H,23,24). The van der Waals surface area contributed by atoms with Gasteiger partial charge in [-0.25, -0.2) is 18.4 Å². The number of nitrogens with zero attached hydrogens (tertiary/aromatic N) is 3. The third-order valence-electron chi connectivity index (χ3n) is 4.09. The quantitative estimate of drug-likeness (QED) is 0.882. The average Bonchev–Trinajstić information content (AvgIpc) is 2.59. The Labute approximate surface area is 139 Å². The van der Waals surface area contributed by atoms with Crippen LogP contribution in [0.5, 0.6) is 0 Å². The van der Waals surface area contributed by atoms with E-state index in [0.29, 0.717) is 5.69 Å². The topological polar surface area (TPSA) is 93.7 Å². The van der Waals surface area contributed by atoms with Crippen LogP contribution in [0.15, 0.2) is 32.8 Å². The molecule has 0 radical (unpaired) electrons. The van der Waals surface area contributed by atoms with E-state index in [-0.39, 0.29) is 36.5 Å². The van der Waals surface area contributed by atoms with Gasteiger partial charge in [-0.2, -0.15) is 0 Å². The molecule has 2 aromatic rings. The Morgan fingerprint density at radius 2 is 2.00 bits per heavy atom. The molecule has 1 aliphatic heterocycles. The molecular formula is C16H13F2N3O4. The summed E-state index contributed by atoms with van der Waals surface area (Å²) in [6, 6.07) is 3.09. The minimum absolute atomic E-state index is 0.0794. The first-order chi connectivity index (χ1) is 11.8. The van der Waals surface area contributed by atoms with Gasteiger partial charge >= 0.3 is 11.7 Å². The van der Waals surface area contributed by atoms with Crippen molar-refractivity contribution in [2.24, 2.45) is 4.99 Å². The molecule has 1 aromatic heterocycles. The van der Waals surface area contributed by atoms with E-state index in [2.05, 4.69) is 4.99 Å². The van der Waals surface area contributed by atoms with E-state index < -0.39 is 28.9 Å². The van der Waals surface area contributed by atoms with Gasteiger partial charge in [0, 0.05) is 5.56 Å². The molecule has 0 saturated carbocycles. The summed E-state index contributed by atoms with van der Waals surface area (Å²) in [7, 11) is 0. The van der Waals surface area contributed by atoms with Crippen LogP contribution in [0.2, 0.25) is 0 Å². The predicted octanol–water partition coefficient (Wildman–Crippen LogP) is 0.684. The molecule has 0 fully saturated rings. The molecule has 130 valence electrons. The second kappa shape index (κ2) is 6.08. The van der Waals surface area contributed by atoms with Crippen molar-refractivity contribution in [1.82, 2.24) is 9.13 Å². The van der Waals surface area contributed by atoms with E-state index in [1.807, 2.05) is 0 Å². The minimum Gasteiger partial charge on any atom is -0.477 e. The van der Waals surface area contributed by atoms with Gasteiger partial charge in [0.1, 0.15) is 5.71 Å². The molecule has 25 heavy (non-hydrogen) atoms. The predicted molar refractivity (Wildman–Crippen MR) is 83.9 cm³/mol. The Morgan fingerprint density at radius 3 is 2.64 bits per heavy atom. The van der Waals surface area contributed by atoms with Gasteiger partial charge in [-0.05, 0) is 24.6 Å². The summed E-state index contributed by atoms with van der Waals surface area (Å²) in [5.41, 5.74) is -0.635. The SMILES string of the molecule is Cc1c2n(c(=O)n(Cc3ccc(F)c(F)c3)c1=O)CC(C(=O)O)=NC2. The van der Waals surface area contributed by atoms with Crippen molar-refractivity contribution < 1.29 is 18.7 Å². The largest absolute Gasteiger partial charge is 0.477 e. The van der Waals surface area contributed by atoms with Crippen LogP contribution < -0.4 is 11.2 Å². The lowest BCUT2D eigenvalue weighted by molar-refractivity contribution is -0.129. The van der Waals surface area contributed by atoms with E-state index >= 15 is 0 Å². The third-order valence-corrected chi connectivity index (χ3v) is 4.09. The molecule has 0 atom stereocenters. The fourth-order valence-corrected chi connectivity index (χ4v) is 2.71. The highest BCUT2D eigenvalue weighted by Crippen LogP contribution is 2.12. The Morgan fingerprint density at radius 1 is 1.28 bits per heavy atom. The van der Waals surface area contributed by atoms with Crippen LogP contribution in [0.25, 0.3) is 0 Å². The highest BCUT2D eigenvalue weighted by atomic mass is 19.2. The van der Waals surface area contributed by atoms with Crippen molar-refractivity contribution in [3.8, 4) is 0 Å². The van der Waals surface area contributed by atoms with Crippen LogP contribution in [-0.4, -0.2) is 25.9 Å². The summed E-state index contributed by atoms with van der Waals surface area (Å²) in [4.78, 5) is 40.0. The van der Waals surface area contributed by atoms with E-state index in [4.69, 9.17) is 5.11 Å². The molecule has 1 N–H and O–H groups in total. The molecule has 0 spiro atoms. The van der Waals surface area contributed by atoms with Gasteiger partial charge in [0.05, 0.1) is 25.3 Å². The molecule has 3 rings (SSSR count). The van der Waals surface area contributed by atoms with Crippen molar-refractivity contribution in [3.63, 3.8) is 0 Å². The number of carbonyl (C=O) groups is 1. The Bertz CT molecular complexity index is 1040. The Kier molecular flexibility index (Phi) is 4.07. The molecule has 0 aliphatic carbocycles. The molecule has 7 nitrogen and oxygen atoms in total. The number of fused-ring (bicyclic) bond motifs is 1. The van der Waals surface area contributed by atoms with Gasteiger partial charge < -0.3 is 5.11 Å². The molecule has 2 heterocycles. The van der Waals surface area contributed by atoms with E-state index in [1.165, 1.54) is 17.6 Å². The van der Waals surface area contributed by atoms with Crippen LogP contribution >= 0.6 is 0 Å². The molecule has 0 saturated heterocycles. The van der Waals surface area contributed by atoms with Crippen LogP contribution in [0.3, 0.4) is 0 Å². The number of aliphatic imine (C=N–C) groups is 1. The number of carboxylic acids is 1. The zero-order chi connectivity index (χ0) is 18.3. The monoisotopic (exact) mass is 349 g/mol. The second-order valence-electron chi connectivity index (χ2n) is 5.65. The molecule has 0 bridgehead atoms. The van der Waals surface area contributed by atoms with Crippen molar-refractivity contribution in [3.05, 3.63) is 67.5 Å². The minimum atomic E-state index is -1.24. The molecular weight excluding hydrogens is 336 g/mol. The average molecular weight is 349 g/mol. The van der Waals surface area contributed by atoms with Crippen LogP contribution in [0, 0.1) is 18.6 Å². The summed E-state index contributed by atoms with van der Waals surface area (Å²) in [6.07, 6.45) is 0. The summed E-state index contributed by atoms with van der Waals surface area (Å²) >= 11 is 0. The number of halogens is 2. The van der Waals surface area contributed by atoms with Crippen molar-refractivity contribution >= 4 is 11.7 Å². The first-order valence-electron chi connectivity index (χ1n) is 7.33. The first kappa shape index (κ1) is 16.7. The van der Waals surface area contributed by atoms with E-state index in [0.717, 1.165) is 16.7 Å². The molecule has 9 heteroatoms. The van der Waals surface area contributed by atoms with Gasteiger partial charge in [0.15, 0.2) is 11.6 Å². The van der Waals surface area contributed by atoms with Gasteiger partial charge in [-0.3, -0.25) is 18.9 Å². The van der Waals surface area contributed by atoms with Crippen LogP contribution in [-0.2, 0) is 24.4 Å². The lowest BCUT2D eigenvalue weighted by Gasteiger charge is -2.20. The van der Waals surface area contributed by atoms with E-state index in [9.17, 15) is 23.2 Å². The normalized spacial score (nSPS) is 13.3. The van der Waals surface area contributed by atoms with Gasteiger partial charge in [-0.15, -0.1) is 0 Å². The van der Waals surface area contributed by atoms with Gasteiger partial charge in [0.2, 0.25) is 0 Å². The van der Waals surface area contributed by atoms with Gasteiger partial charge in [0.25, 0.3) is 5.56 Å².